The van der Waals surface area contributed by atoms with Crippen molar-refractivity contribution < 1.29 is 26.4 Å². The maximum Gasteiger partial charge on any atom is 0.471 e. The average molecular weight is 374 g/mol. The number of alkyl halides is 3. The van der Waals surface area contributed by atoms with Crippen LogP contribution < -0.4 is 4.90 Å². The summed E-state index contributed by atoms with van der Waals surface area (Å²) in [7, 11) is -3.67. The molecule has 1 aliphatic heterocycles. The van der Waals surface area contributed by atoms with Crippen LogP contribution in [0.3, 0.4) is 0 Å². The van der Waals surface area contributed by atoms with E-state index in [4.69, 9.17) is 23.2 Å². The van der Waals surface area contributed by atoms with Crippen LogP contribution in [0.1, 0.15) is 0 Å². The molecule has 0 spiro atoms. The summed E-state index contributed by atoms with van der Waals surface area (Å²) >= 11 is 11.6. The van der Waals surface area contributed by atoms with Gasteiger partial charge in [-0.1, -0.05) is 29.3 Å². The summed E-state index contributed by atoms with van der Waals surface area (Å²) in [5.74, 6) is -2.87. The van der Waals surface area contributed by atoms with Crippen LogP contribution in [0.5, 0.6) is 0 Å². The average Bonchev–Trinajstić information content (AvgIpc) is 2.74. The summed E-state index contributed by atoms with van der Waals surface area (Å²) in [6.07, 6.45) is -4.18. The highest BCUT2D eigenvalue weighted by molar-refractivity contribution is 7.94. The van der Waals surface area contributed by atoms with Crippen LogP contribution in [0.2, 0.25) is 10.0 Å². The monoisotopic (exact) mass is 373 g/mol. The molecule has 10 heteroatoms. The molecule has 22 heavy (non-hydrogen) atoms. The van der Waals surface area contributed by atoms with Crippen molar-refractivity contribution in [2.24, 2.45) is 0 Å². The van der Waals surface area contributed by atoms with Crippen molar-refractivity contribution in [2.75, 3.05) is 10.7 Å². The highest BCUT2D eigenvalue weighted by Gasteiger charge is 2.47. The molecule has 2 rings (SSSR count). The molecule has 0 N–H and O–H groups in total. The Morgan fingerprint density at radius 3 is 2.41 bits per heavy atom. The molecule has 1 unspecified atom stereocenters. The van der Waals surface area contributed by atoms with E-state index in [1.54, 1.807) is 0 Å². The molecular weight excluding hydrogens is 366 g/mol. The number of nitrogens with zero attached hydrogens (tertiary/aromatic N) is 1. The standard InChI is InChI=1S/C12H8Cl2F3NO3S/c13-8-2-1-3-9(10(8)14)18(11(19)12(15,16)17)7-4-5-22(20,21)6-7/h1-5,7H,6H2. The highest BCUT2D eigenvalue weighted by atomic mass is 35.5. The Morgan fingerprint density at radius 2 is 1.91 bits per heavy atom. The summed E-state index contributed by atoms with van der Waals surface area (Å²) in [6.45, 7) is 0. The largest absolute Gasteiger partial charge is 0.471 e. The first-order valence-corrected chi connectivity index (χ1v) is 8.25. The maximum atomic E-state index is 12.8. The van der Waals surface area contributed by atoms with Crippen LogP contribution in [-0.2, 0) is 14.6 Å². The lowest BCUT2D eigenvalue weighted by atomic mass is 10.2. The van der Waals surface area contributed by atoms with Crippen LogP contribution in [0, 0.1) is 0 Å². The Hall–Kier alpha value is -1.25. The Morgan fingerprint density at radius 1 is 1.27 bits per heavy atom. The number of hydrogen-bond donors (Lipinski definition) is 0. The van der Waals surface area contributed by atoms with E-state index in [2.05, 4.69) is 0 Å². The lowest BCUT2D eigenvalue weighted by Crippen LogP contribution is -2.48. The van der Waals surface area contributed by atoms with Gasteiger partial charge in [0.15, 0.2) is 9.84 Å². The molecule has 0 saturated heterocycles. The van der Waals surface area contributed by atoms with Crippen molar-refractivity contribution >= 4 is 44.6 Å². The lowest BCUT2D eigenvalue weighted by molar-refractivity contribution is -0.170. The van der Waals surface area contributed by atoms with Crippen molar-refractivity contribution in [3.05, 3.63) is 39.7 Å². The van der Waals surface area contributed by atoms with Gasteiger partial charge >= 0.3 is 12.1 Å². The van der Waals surface area contributed by atoms with Crippen molar-refractivity contribution in [2.45, 2.75) is 12.2 Å². The molecule has 1 amide bonds. The molecule has 0 fully saturated rings. The number of hydrogen-bond acceptors (Lipinski definition) is 3. The number of carbonyl (C=O) groups is 1. The maximum absolute atomic E-state index is 12.8. The summed E-state index contributed by atoms with van der Waals surface area (Å²) in [6, 6.07) is 2.50. The predicted octanol–water partition coefficient (Wildman–Crippen LogP) is 3.20. The number of sulfone groups is 1. The number of benzene rings is 1. The van der Waals surface area contributed by atoms with Gasteiger partial charge in [0.05, 0.1) is 27.5 Å². The third-order valence-corrected chi connectivity index (χ3v) is 5.08. The van der Waals surface area contributed by atoms with Gasteiger partial charge in [0.25, 0.3) is 0 Å². The molecular formula is C12H8Cl2F3NO3S. The fourth-order valence-corrected chi connectivity index (χ4v) is 3.63. The predicted molar refractivity (Wildman–Crippen MR) is 76.7 cm³/mol. The van der Waals surface area contributed by atoms with Crippen LogP contribution in [0.25, 0.3) is 0 Å². The van der Waals surface area contributed by atoms with Crippen molar-refractivity contribution in [3.63, 3.8) is 0 Å². The van der Waals surface area contributed by atoms with Gasteiger partial charge in [-0.25, -0.2) is 8.42 Å². The van der Waals surface area contributed by atoms with Crippen molar-refractivity contribution in [3.8, 4) is 0 Å². The van der Waals surface area contributed by atoms with E-state index >= 15 is 0 Å². The van der Waals surface area contributed by atoms with Crippen LogP contribution in [0.4, 0.5) is 18.9 Å². The Labute approximate surface area is 134 Å². The SMILES string of the molecule is O=C(N(c1cccc(Cl)c1Cl)C1C=CS(=O)(=O)C1)C(F)(F)F. The summed E-state index contributed by atoms with van der Waals surface area (Å²) < 4.78 is 61.3. The third kappa shape index (κ3) is 3.39. The topological polar surface area (TPSA) is 54.5 Å². The molecule has 1 atom stereocenters. The van der Waals surface area contributed by atoms with Gasteiger partial charge in [0, 0.05) is 5.41 Å². The van der Waals surface area contributed by atoms with Gasteiger partial charge in [0.2, 0.25) is 0 Å². The van der Waals surface area contributed by atoms with E-state index in [0.717, 1.165) is 17.6 Å². The molecule has 0 aromatic heterocycles. The Bertz CT molecular complexity index is 746. The zero-order chi connectivity index (χ0) is 16.7. The highest BCUT2D eigenvalue weighted by Crippen LogP contribution is 2.37. The first-order valence-electron chi connectivity index (χ1n) is 5.78. The van der Waals surface area contributed by atoms with E-state index in [-0.39, 0.29) is 15.7 Å². The molecule has 1 aromatic rings. The van der Waals surface area contributed by atoms with E-state index < -0.39 is 33.7 Å². The Balaban J connectivity index is 2.54. The number of rotatable bonds is 2. The molecule has 1 aromatic carbocycles. The second-order valence-corrected chi connectivity index (χ2v) is 7.19. The smallest absolute Gasteiger partial charge is 0.295 e. The van der Waals surface area contributed by atoms with Gasteiger partial charge in [-0.2, -0.15) is 13.2 Å². The minimum atomic E-state index is -5.19. The molecule has 1 heterocycles. The molecule has 0 aliphatic carbocycles. The fourth-order valence-electron chi connectivity index (χ4n) is 1.97. The minimum Gasteiger partial charge on any atom is -0.295 e. The Kier molecular flexibility index (Phi) is 4.47. The van der Waals surface area contributed by atoms with Gasteiger partial charge < -0.3 is 0 Å². The lowest BCUT2D eigenvalue weighted by Gasteiger charge is -2.29. The van der Waals surface area contributed by atoms with Crippen LogP contribution >= 0.6 is 23.2 Å². The molecule has 1 aliphatic rings. The number of anilines is 1. The quantitative estimate of drug-likeness (QED) is 0.799. The number of carbonyl (C=O) groups excluding carboxylic acids is 1. The first-order chi connectivity index (χ1) is 10.0. The molecule has 120 valence electrons. The second-order valence-electron chi connectivity index (χ2n) is 4.47. The fraction of sp³-hybridized carbons (Fsp3) is 0.250. The third-order valence-electron chi connectivity index (χ3n) is 2.89. The minimum absolute atomic E-state index is 0.0519. The van der Waals surface area contributed by atoms with E-state index in [9.17, 15) is 26.4 Å². The normalized spacial score (nSPS) is 20.1. The summed E-state index contributed by atoms with van der Waals surface area (Å²) in [5, 5.41) is 0.454. The molecule has 0 saturated carbocycles. The van der Waals surface area contributed by atoms with Gasteiger partial charge in [-0.3, -0.25) is 9.69 Å². The van der Waals surface area contributed by atoms with Crippen molar-refractivity contribution in [1.29, 1.82) is 0 Å². The number of halogens is 5. The zero-order valence-corrected chi connectivity index (χ0v) is 13.0. The van der Waals surface area contributed by atoms with E-state index in [1.165, 1.54) is 12.1 Å². The van der Waals surface area contributed by atoms with E-state index in [1.807, 2.05) is 0 Å². The summed E-state index contributed by atoms with van der Waals surface area (Å²) in [5.41, 5.74) is -0.303. The van der Waals surface area contributed by atoms with E-state index in [0.29, 0.717) is 4.90 Å². The molecule has 4 nitrogen and oxygen atoms in total. The zero-order valence-electron chi connectivity index (χ0n) is 10.6. The molecule has 0 radical (unpaired) electrons. The number of amides is 1. The first kappa shape index (κ1) is 17.1. The summed E-state index contributed by atoms with van der Waals surface area (Å²) in [4.78, 5) is 12.0. The second kappa shape index (κ2) is 5.75. The van der Waals surface area contributed by atoms with Gasteiger partial charge in [-0.15, -0.1) is 0 Å². The van der Waals surface area contributed by atoms with Gasteiger partial charge in [-0.05, 0) is 18.2 Å². The van der Waals surface area contributed by atoms with Crippen LogP contribution in [-0.4, -0.2) is 32.3 Å². The van der Waals surface area contributed by atoms with Gasteiger partial charge in [0.1, 0.15) is 0 Å². The molecule has 0 bridgehead atoms. The van der Waals surface area contributed by atoms with Crippen LogP contribution in [0.15, 0.2) is 29.7 Å². The van der Waals surface area contributed by atoms with Crippen molar-refractivity contribution in [1.82, 2.24) is 0 Å².